The Balaban J connectivity index is 2.47. The lowest BCUT2D eigenvalue weighted by Gasteiger charge is -2.18. The summed E-state index contributed by atoms with van der Waals surface area (Å²) in [6, 6.07) is 5.18. The van der Waals surface area contributed by atoms with Gasteiger partial charge in [0.1, 0.15) is 11.9 Å². The number of nitrogens with one attached hydrogen (secondary N) is 2. The van der Waals surface area contributed by atoms with Crippen LogP contribution in [0.25, 0.3) is 0 Å². The van der Waals surface area contributed by atoms with E-state index in [4.69, 9.17) is 14.2 Å². The molecule has 8 heteroatoms. The highest BCUT2D eigenvalue weighted by molar-refractivity contribution is 5.84. The molecule has 0 aliphatic carbocycles. The molecule has 8 nitrogen and oxygen atoms in total. The molecule has 0 heterocycles. The monoisotopic (exact) mass is 337 g/mol. The Bertz CT molecular complexity index is 608. The standard InChI is InChI=1S/C16H23N3O5/c1-16(2,3)24-15(21)17-10-18-19-14(20)9-11-6-7-12(22-4)13(8-11)23-5/h6-8,10H,9H2,1-5H3,(H,19,20)(H,17,18,21). The number of nitrogens with zero attached hydrogens (tertiary/aromatic N) is 1. The number of benzene rings is 1. The second kappa shape index (κ2) is 8.76. The van der Waals surface area contributed by atoms with Crippen LogP contribution in [0, 0.1) is 0 Å². The number of hydrogen-bond acceptors (Lipinski definition) is 6. The smallest absolute Gasteiger partial charge is 0.412 e. The van der Waals surface area contributed by atoms with E-state index in [1.54, 1.807) is 39.0 Å². The average Bonchev–Trinajstić information content (AvgIpc) is 2.49. The zero-order valence-corrected chi connectivity index (χ0v) is 14.5. The van der Waals surface area contributed by atoms with Gasteiger partial charge in [0.25, 0.3) is 0 Å². The number of amides is 2. The van der Waals surface area contributed by atoms with Gasteiger partial charge in [-0.3, -0.25) is 10.1 Å². The first kappa shape index (κ1) is 19.3. The number of hydrazone groups is 1. The van der Waals surface area contributed by atoms with Crippen molar-refractivity contribution in [3.05, 3.63) is 23.8 Å². The second-order valence-electron chi connectivity index (χ2n) is 5.81. The van der Waals surface area contributed by atoms with Crippen molar-refractivity contribution in [2.75, 3.05) is 14.2 Å². The molecule has 132 valence electrons. The minimum atomic E-state index is -0.652. The molecule has 1 aromatic rings. The number of methoxy groups -OCH3 is 2. The Kier molecular flexibility index (Phi) is 7.03. The third-order valence-corrected chi connectivity index (χ3v) is 2.65. The van der Waals surface area contributed by atoms with Gasteiger partial charge < -0.3 is 14.2 Å². The number of alkyl carbamates (subject to hydrolysis) is 1. The molecule has 1 rings (SSSR count). The lowest BCUT2D eigenvalue weighted by atomic mass is 10.1. The van der Waals surface area contributed by atoms with Crippen LogP contribution in [0.15, 0.2) is 23.3 Å². The maximum Gasteiger partial charge on any atom is 0.412 e. The summed E-state index contributed by atoms with van der Waals surface area (Å²) in [5.74, 6) is 0.781. The van der Waals surface area contributed by atoms with Crippen molar-refractivity contribution in [1.29, 1.82) is 0 Å². The number of carbonyl (C=O) groups is 2. The van der Waals surface area contributed by atoms with E-state index in [9.17, 15) is 9.59 Å². The van der Waals surface area contributed by atoms with Gasteiger partial charge >= 0.3 is 6.09 Å². The van der Waals surface area contributed by atoms with Gasteiger partial charge in [0.2, 0.25) is 5.91 Å². The van der Waals surface area contributed by atoms with Gasteiger partial charge in [0.15, 0.2) is 11.5 Å². The Hall–Kier alpha value is -2.77. The van der Waals surface area contributed by atoms with E-state index in [0.717, 1.165) is 11.9 Å². The van der Waals surface area contributed by atoms with Gasteiger partial charge in [-0.05, 0) is 38.5 Å². The zero-order chi connectivity index (χ0) is 18.2. The lowest BCUT2D eigenvalue weighted by molar-refractivity contribution is -0.120. The Morgan fingerprint density at radius 3 is 2.42 bits per heavy atom. The molecule has 2 N–H and O–H groups in total. The second-order valence-corrected chi connectivity index (χ2v) is 5.81. The first-order valence-corrected chi connectivity index (χ1v) is 7.26. The Labute approximate surface area is 141 Å². The van der Waals surface area contributed by atoms with Gasteiger partial charge in [-0.1, -0.05) is 6.07 Å². The summed E-state index contributed by atoms with van der Waals surface area (Å²) in [4.78, 5) is 23.2. The highest BCUT2D eigenvalue weighted by Gasteiger charge is 2.15. The first-order valence-electron chi connectivity index (χ1n) is 7.26. The Morgan fingerprint density at radius 1 is 1.17 bits per heavy atom. The van der Waals surface area contributed by atoms with Crippen LogP contribution < -0.4 is 20.2 Å². The van der Waals surface area contributed by atoms with Crippen molar-refractivity contribution in [3.63, 3.8) is 0 Å². The molecule has 0 aliphatic heterocycles. The van der Waals surface area contributed by atoms with Crippen molar-refractivity contribution in [2.24, 2.45) is 5.10 Å². The molecule has 0 aliphatic rings. The van der Waals surface area contributed by atoms with Crippen LogP contribution in [0.5, 0.6) is 11.5 Å². The highest BCUT2D eigenvalue weighted by atomic mass is 16.6. The molecular formula is C16H23N3O5. The quantitative estimate of drug-likeness (QED) is 0.469. The maximum absolute atomic E-state index is 11.8. The summed E-state index contributed by atoms with van der Waals surface area (Å²) in [5.41, 5.74) is 2.44. The molecule has 2 amide bonds. The van der Waals surface area contributed by atoms with E-state index >= 15 is 0 Å². The predicted molar refractivity (Wildman–Crippen MR) is 89.3 cm³/mol. The van der Waals surface area contributed by atoms with E-state index in [2.05, 4.69) is 15.8 Å². The van der Waals surface area contributed by atoms with Crippen LogP contribution in [-0.4, -0.2) is 38.2 Å². The molecule has 0 fully saturated rings. The van der Waals surface area contributed by atoms with Gasteiger partial charge in [-0.25, -0.2) is 10.2 Å². The molecule has 0 spiro atoms. The highest BCUT2D eigenvalue weighted by Crippen LogP contribution is 2.27. The van der Waals surface area contributed by atoms with Gasteiger partial charge in [-0.2, -0.15) is 5.10 Å². The van der Waals surface area contributed by atoms with Crippen molar-refractivity contribution in [2.45, 2.75) is 32.8 Å². The normalized spacial score (nSPS) is 11.0. The SMILES string of the molecule is COc1ccc(CC(=O)NN=CNC(=O)OC(C)(C)C)cc1OC. The van der Waals surface area contributed by atoms with E-state index in [1.165, 1.54) is 14.2 Å². The summed E-state index contributed by atoms with van der Waals surface area (Å²) in [6.07, 6.45) is 0.505. The van der Waals surface area contributed by atoms with Crippen LogP contribution in [0.1, 0.15) is 26.3 Å². The molecule has 0 bridgehead atoms. The lowest BCUT2D eigenvalue weighted by Crippen LogP contribution is -2.32. The molecule has 0 saturated carbocycles. The van der Waals surface area contributed by atoms with E-state index in [0.29, 0.717) is 11.5 Å². The first-order chi connectivity index (χ1) is 11.2. The van der Waals surface area contributed by atoms with Crippen LogP contribution in [0.4, 0.5) is 4.79 Å². The van der Waals surface area contributed by atoms with E-state index in [1.807, 2.05) is 0 Å². The summed E-state index contributed by atoms with van der Waals surface area (Å²) in [6.45, 7) is 5.23. The minimum absolute atomic E-state index is 0.101. The average molecular weight is 337 g/mol. The number of ether oxygens (including phenoxy) is 3. The summed E-state index contributed by atoms with van der Waals surface area (Å²) < 4.78 is 15.3. The van der Waals surface area contributed by atoms with E-state index in [-0.39, 0.29) is 12.3 Å². The number of carbonyl (C=O) groups excluding carboxylic acids is 2. The summed E-state index contributed by atoms with van der Waals surface area (Å²) >= 11 is 0. The molecule has 24 heavy (non-hydrogen) atoms. The third-order valence-electron chi connectivity index (χ3n) is 2.65. The number of rotatable bonds is 6. The minimum Gasteiger partial charge on any atom is -0.493 e. The molecular weight excluding hydrogens is 314 g/mol. The van der Waals surface area contributed by atoms with Crippen molar-refractivity contribution < 1.29 is 23.8 Å². The fraction of sp³-hybridized carbons (Fsp3) is 0.438. The molecule has 0 atom stereocenters. The molecule has 0 unspecified atom stereocenters. The van der Waals surface area contributed by atoms with Gasteiger partial charge in [0, 0.05) is 0 Å². The molecule has 1 aromatic carbocycles. The van der Waals surface area contributed by atoms with Crippen molar-refractivity contribution >= 4 is 18.3 Å². The number of hydrogen-bond donors (Lipinski definition) is 2. The van der Waals surface area contributed by atoms with Gasteiger partial charge in [-0.15, -0.1) is 0 Å². The van der Waals surface area contributed by atoms with E-state index < -0.39 is 11.7 Å². The van der Waals surface area contributed by atoms with Crippen LogP contribution >= 0.6 is 0 Å². The maximum atomic E-state index is 11.8. The van der Waals surface area contributed by atoms with Crippen molar-refractivity contribution in [3.8, 4) is 11.5 Å². The van der Waals surface area contributed by atoms with Crippen LogP contribution in [0.2, 0.25) is 0 Å². The fourth-order valence-electron chi connectivity index (χ4n) is 1.71. The topological polar surface area (TPSA) is 98.2 Å². The molecule has 0 saturated heterocycles. The largest absolute Gasteiger partial charge is 0.493 e. The Morgan fingerprint density at radius 2 is 1.83 bits per heavy atom. The van der Waals surface area contributed by atoms with Gasteiger partial charge in [0.05, 0.1) is 20.6 Å². The fourth-order valence-corrected chi connectivity index (χ4v) is 1.71. The molecule has 0 radical (unpaired) electrons. The summed E-state index contributed by atoms with van der Waals surface area (Å²) in [7, 11) is 3.06. The van der Waals surface area contributed by atoms with Crippen LogP contribution in [0.3, 0.4) is 0 Å². The van der Waals surface area contributed by atoms with Crippen molar-refractivity contribution in [1.82, 2.24) is 10.7 Å². The third kappa shape index (κ3) is 6.99. The molecule has 0 aromatic heterocycles. The predicted octanol–water partition coefficient (Wildman–Crippen LogP) is 1.83. The zero-order valence-electron chi connectivity index (χ0n) is 14.5. The summed E-state index contributed by atoms with van der Waals surface area (Å²) in [5, 5.41) is 5.91. The van der Waals surface area contributed by atoms with Crippen LogP contribution in [-0.2, 0) is 16.0 Å².